The first-order chi connectivity index (χ1) is 6.79. The fraction of sp³-hybridized carbons (Fsp3) is 0.538. The summed E-state index contributed by atoms with van der Waals surface area (Å²) < 4.78 is 0. The van der Waals surface area contributed by atoms with Gasteiger partial charge in [-0.15, -0.1) is 0 Å². The highest BCUT2D eigenvalue weighted by atomic mass is 14.6. The molecule has 1 aromatic carbocycles. The van der Waals surface area contributed by atoms with Crippen LogP contribution in [0.4, 0.5) is 5.69 Å². The molecule has 1 aliphatic carbocycles. The van der Waals surface area contributed by atoms with Gasteiger partial charge >= 0.3 is 0 Å². The molecule has 1 aromatic rings. The number of anilines is 1. The highest BCUT2D eigenvalue weighted by molar-refractivity contribution is 5.48. The van der Waals surface area contributed by atoms with Gasteiger partial charge < -0.3 is 5.73 Å². The van der Waals surface area contributed by atoms with Crippen molar-refractivity contribution in [1.82, 2.24) is 0 Å². The van der Waals surface area contributed by atoms with E-state index in [0.717, 1.165) is 11.6 Å². The van der Waals surface area contributed by atoms with Gasteiger partial charge in [0.25, 0.3) is 0 Å². The molecular formula is C13H19N. The third kappa shape index (κ3) is 1.77. The number of hydrogen-bond donors (Lipinski definition) is 1. The lowest BCUT2D eigenvalue weighted by Crippen LogP contribution is -2.16. The van der Waals surface area contributed by atoms with E-state index in [9.17, 15) is 0 Å². The molecule has 14 heavy (non-hydrogen) atoms. The molecule has 0 heterocycles. The van der Waals surface area contributed by atoms with Crippen LogP contribution in [0.25, 0.3) is 0 Å². The van der Waals surface area contributed by atoms with Crippen LogP contribution in [-0.2, 0) is 0 Å². The lowest BCUT2D eigenvalue weighted by Gasteiger charge is -2.29. The van der Waals surface area contributed by atoms with E-state index in [2.05, 4.69) is 19.1 Å². The van der Waals surface area contributed by atoms with Crippen molar-refractivity contribution >= 4 is 5.69 Å². The summed E-state index contributed by atoms with van der Waals surface area (Å²) in [7, 11) is 0. The van der Waals surface area contributed by atoms with Crippen LogP contribution in [0.1, 0.15) is 44.1 Å². The van der Waals surface area contributed by atoms with Crippen LogP contribution in [0.15, 0.2) is 24.3 Å². The number of hydrogen-bond acceptors (Lipinski definition) is 1. The molecule has 2 atom stereocenters. The van der Waals surface area contributed by atoms with E-state index in [-0.39, 0.29) is 0 Å². The highest BCUT2D eigenvalue weighted by Gasteiger charge is 2.23. The standard InChI is InChI=1S/C13H19N/c1-10-6-2-3-7-11(10)12-8-4-5-9-13(12)14/h4-5,8-11H,2-3,6-7,14H2,1H3/t10-,11-/m1/s1. The Labute approximate surface area is 86.3 Å². The van der Waals surface area contributed by atoms with Crippen molar-refractivity contribution in [3.63, 3.8) is 0 Å². The summed E-state index contributed by atoms with van der Waals surface area (Å²) in [5.74, 6) is 1.50. The van der Waals surface area contributed by atoms with Gasteiger partial charge in [0, 0.05) is 5.69 Å². The van der Waals surface area contributed by atoms with Gasteiger partial charge in [-0.3, -0.25) is 0 Å². The van der Waals surface area contributed by atoms with E-state index in [1.807, 2.05) is 12.1 Å². The molecule has 76 valence electrons. The second-order valence-electron chi connectivity index (χ2n) is 4.50. The predicted molar refractivity (Wildman–Crippen MR) is 61.2 cm³/mol. The minimum atomic E-state index is 0.699. The quantitative estimate of drug-likeness (QED) is 0.672. The molecule has 1 saturated carbocycles. The predicted octanol–water partition coefficient (Wildman–Crippen LogP) is 3.56. The Morgan fingerprint density at radius 3 is 2.57 bits per heavy atom. The van der Waals surface area contributed by atoms with Crippen LogP contribution in [0.2, 0.25) is 0 Å². The van der Waals surface area contributed by atoms with Crippen molar-refractivity contribution in [2.24, 2.45) is 5.92 Å². The van der Waals surface area contributed by atoms with Crippen LogP contribution in [-0.4, -0.2) is 0 Å². The van der Waals surface area contributed by atoms with E-state index < -0.39 is 0 Å². The molecule has 0 spiro atoms. The number of nitrogen functional groups attached to an aromatic ring is 1. The van der Waals surface area contributed by atoms with Crippen molar-refractivity contribution in [3.05, 3.63) is 29.8 Å². The molecule has 0 aromatic heterocycles. The summed E-state index contributed by atoms with van der Waals surface area (Å²) >= 11 is 0. The van der Waals surface area contributed by atoms with Crippen LogP contribution in [0.3, 0.4) is 0 Å². The van der Waals surface area contributed by atoms with Gasteiger partial charge in [-0.2, -0.15) is 0 Å². The maximum Gasteiger partial charge on any atom is 0.0349 e. The maximum absolute atomic E-state index is 6.01. The largest absolute Gasteiger partial charge is 0.398 e. The zero-order valence-corrected chi connectivity index (χ0v) is 8.87. The molecule has 2 rings (SSSR count). The zero-order valence-electron chi connectivity index (χ0n) is 8.87. The van der Waals surface area contributed by atoms with E-state index in [1.54, 1.807) is 0 Å². The molecule has 0 bridgehead atoms. The average molecular weight is 189 g/mol. The number of para-hydroxylation sites is 1. The van der Waals surface area contributed by atoms with E-state index >= 15 is 0 Å². The Morgan fingerprint density at radius 2 is 1.86 bits per heavy atom. The molecule has 0 radical (unpaired) electrons. The Kier molecular flexibility index (Phi) is 2.76. The first kappa shape index (κ1) is 9.57. The number of nitrogens with two attached hydrogens (primary N) is 1. The van der Waals surface area contributed by atoms with Gasteiger partial charge in [0.1, 0.15) is 0 Å². The van der Waals surface area contributed by atoms with Crippen LogP contribution in [0, 0.1) is 5.92 Å². The molecule has 2 N–H and O–H groups in total. The smallest absolute Gasteiger partial charge is 0.0349 e. The molecule has 1 fully saturated rings. The second kappa shape index (κ2) is 4.04. The molecule has 1 aliphatic rings. The summed E-state index contributed by atoms with van der Waals surface area (Å²) in [5.41, 5.74) is 8.37. The SMILES string of the molecule is C[C@@H]1CCCC[C@H]1c1ccccc1N. The van der Waals surface area contributed by atoms with Crippen molar-refractivity contribution in [2.45, 2.75) is 38.5 Å². The van der Waals surface area contributed by atoms with Crippen molar-refractivity contribution in [3.8, 4) is 0 Å². The number of rotatable bonds is 1. The van der Waals surface area contributed by atoms with Gasteiger partial charge in [0.2, 0.25) is 0 Å². The summed E-state index contributed by atoms with van der Waals surface area (Å²) in [6.45, 7) is 2.36. The lowest BCUT2D eigenvalue weighted by atomic mass is 9.76. The first-order valence-corrected chi connectivity index (χ1v) is 5.63. The first-order valence-electron chi connectivity index (χ1n) is 5.63. The van der Waals surface area contributed by atoms with Crippen LogP contribution >= 0.6 is 0 Å². The molecule has 1 nitrogen and oxygen atoms in total. The summed E-state index contributed by atoms with van der Waals surface area (Å²) in [6.07, 6.45) is 5.43. The third-order valence-corrected chi connectivity index (χ3v) is 3.51. The minimum absolute atomic E-state index is 0.699. The summed E-state index contributed by atoms with van der Waals surface area (Å²) in [4.78, 5) is 0. The van der Waals surface area contributed by atoms with Gasteiger partial charge in [-0.05, 0) is 29.9 Å². The van der Waals surface area contributed by atoms with Gasteiger partial charge in [-0.25, -0.2) is 0 Å². The van der Waals surface area contributed by atoms with E-state index in [1.165, 1.54) is 31.2 Å². The normalized spacial score (nSPS) is 27.5. The van der Waals surface area contributed by atoms with Crippen molar-refractivity contribution in [1.29, 1.82) is 0 Å². The minimum Gasteiger partial charge on any atom is -0.398 e. The highest BCUT2D eigenvalue weighted by Crippen LogP contribution is 2.39. The van der Waals surface area contributed by atoms with Crippen molar-refractivity contribution in [2.75, 3.05) is 5.73 Å². The fourth-order valence-corrected chi connectivity index (χ4v) is 2.63. The van der Waals surface area contributed by atoms with E-state index in [0.29, 0.717) is 5.92 Å². The van der Waals surface area contributed by atoms with E-state index in [4.69, 9.17) is 5.73 Å². The monoisotopic (exact) mass is 189 g/mol. The van der Waals surface area contributed by atoms with Crippen molar-refractivity contribution < 1.29 is 0 Å². The molecule has 1 heteroatoms. The molecule has 0 saturated heterocycles. The van der Waals surface area contributed by atoms with Gasteiger partial charge in [0.05, 0.1) is 0 Å². The number of benzene rings is 1. The maximum atomic E-state index is 6.01. The van der Waals surface area contributed by atoms with Crippen LogP contribution in [0.5, 0.6) is 0 Å². The molecular weight excluding hydrogens is 170 g/mol. The topological polar surface area (TPSA) is 26.0 Å². The Bertz CT molecular complexity index is 306. The summed E-state index contributed by atoms with van der Waals surface area (Å²) in [5, 5.41) is 0. The fourth-order valence-electron chi connectivity index (χ4n) is 2.63. The molecule has 0 amide bonds. The second-order valence-corrected chi connectivity index (χ2v) is 4.50. The third-order valence-electron chi connectivity index (χ3n) is 3.51. The Hall–Kier alpha value is -0.980. The molecule has 0 unspecified atom stereocenters. The molecule has 0 aliphatic heterocycles. The van der Waals surface area contributed by atoms with Gasteiger partial charge in [-0.1, -0.05) is 44.4 Å². The lowest BCUT2D eigenvalue weighted by molar-refractivity contribution is 0.331. The van der Waals surface area contributed by atoms with Gasteiger partial charge in [0.15, 0.2) is 0 Å². The Balaban J connectivity index is 2.25. The Morgan fingerprint density at radius 1 is 1.14 bits per heavy atom. The average Bonchev–Trinajstić information content (AvgIpc) is 2.20. The zero-order chi connectivity index (χ0) is 9.97. The summed E-state index contributed by atoms with van der Waals surface area (Å²) in [6, 6.07) is 8.35. The van der Waals surface area contributed by atoms with Crippen LogP contribution < -0.4 is 5.73 Å².